The quantitative estimate of drug-likeness (QED) is 0.537. The van der Waals surface area contributed by atoms with Crippen LogP contribution >= 0.6 is 0 Å². The Balaban J connectivity index is 1.52. The molecule has 1 aliphatic heterocycles. The fourth-order valence-corrected chi connectivity index (χ4v) is 3.77. The van der Waals surface area contributed by atoms with E-state index >= 15 is 0 Å². The minimum Gasteiger partial charge on any atom is -0.321 e. The van der Waals surface area contributed by atoms with Crippen molar-refractivity contribution >= 4 is 11.6 Å². The van der Waals surface area contributed by atoms with Crippen LogP contribution in [0.5, 0.6) is 0 Å². The SMILES string of the molecule is O=C(Nc1cccnc1-n1cccn1)C1NNC2CCC([N+](=O)[O-])CC21. The molecule has 10 heteroatoms. The van der Waals surface area contributed by atoms with E-state index in [1.807, 2.05) is 0 Å². The molecule has 0 radical (unpaired) electrons. The first-order valence-electron chi connectivity index (χ1n) is 8.54. The smallest absolute Gasteiger partial charge is 0.243 e. The van der Waals surface area contributed by atoms with Crippen LogP contribution in [0.15, 0.2) is 36.8 Å². The van der Waals surface area contributed by atoms with Gasteiger partial charge in [-0.2, -0.15) is 5.10 Å². The monoisotopic (exact) mass is 357 g/mol. The second kappa shape index (κ2) is 6.81. The van der Waals surface area contributed by atoms with Gasteiger partial charge in [-0.05, 0) is 24.6 Å². The maximum Gasteiger partial charge on any atom is 0.243 e. The largest absolute Gasteiger partial charge is 0.321 e. The highest BCUT2D eigenvalue weighted by molar-refractivity contribution is 5.96. The summed E-state index contributed by atoms with van der Waals surface area (Å²) in [5.74, 6) is 0.152. The number of carbonyl (C=O) groups is 1. The van der Waals surface area contributed by atoms with Crippen molar-refractivity contribution in [2.24, 2.45) is 5.92 Å². The molecule has 1 aliphatic carbocycles. The lowest BCUT2D eigenvalue weighted by Crippen LogP contribution is -2.44. The summed E-state index contributed by atoms with van der Waals surface area (Å²) >= 11 is 0. The van der Waals surface area contributed by atoms with Gasteiger partial charge in [0, 0.05) is 48.3 Å². The van der Waals surface area contributed by atoms with Gasteiger partial charge in [-0.3, -0.25) is 20.3 Å². The van der Waals surface area contributed by atoms with E-state index < -0.39 is 12.1 Å². The number of hydrazine groups is 1. The van der Waals surface area contributed by atoms with Gasteiger partial charge in [0.2, 0.25) is 11.9 Å². The number of nitrogens with zero attached hydrogens (tertiary/aromatic N) is 4. The third-order valence-electron chi connectivity index (χ3n) is 5.07. The van der Waals surface area contributed by atoms with Crippen LogP contribution in [0, 0.1) is 16.0 Å². The summed E-state index contributed by atoms with van der Waals surface area (Å²) in [6, 6.07) is 4.20. The van der Waals surface area contributed by atoms with Gasteiger partial charge in [0.15, 0.2) is 5.82 Å². The Morgan fingerprint density at radius 3 is 2.96 bits per heavy atom. The number of anilines is 1. The number of pyridine rings is 1. The van der Waals surface area contributed by atoms with Crippen LogP contribution in [-0.2, 0) is 4.79 Å². The molecule has 26 heavy (non-hydrogen) atoms. The van der Waals surface area contributed by atoms with E-state index in [1.54, 1.807) is 41.5 Å². The van der Waals surface area contributed by atoms with E-state index in [1.165, 1.54) is 0 Å². The van der Waals surface area contributed by atoms with Crippen molar-refractivity contribution in [1.29, 1.82) is 0 Å². The molecular weight excluding hydrogens is 338 g/mol. The molecule has 4 unspecified atom stereocenters. The maximum absolute atomic E-state index is 12.8. The molecule has 2 aromatic heterocycles. The third-order valence-corrected chi connectivity index (χ3v) is 5.07. The summed E-state index contributed by atoms with van der Waals surface area (Å²) in [6.45, 7) is 0. The van der Waals surface area contributed by atoms with Crippen molar-refractivity contribution in [3.05, 3.63) is 46.9 Å². The van der Waals surface area contributed by atoms with Crippen LogP contribution in [0.4, 0.5) is 5.69 Å². The van der Waals surface area contributed by atoms with Gasteiger partial charge in [-0.1, -0.05) is 0 Å². The Kier molecular flexibility index (Phi) is 4.35. The van der Waals surface area contributed by atoms with Crippen LogP contribution in [0.1, 0.15) is 19.3 Å². The molecule has 1 saturated carbocycles. The first-order valence-corrected chi connectivity index (χ1v) is 8.54. The lowest BCUT2D eigenvalue weighted by atomic mass is 9.79. The topological polar surface area (TPSA) is 127 Å². The van der Waals surface area contributed by atoms with E-state index in [2.05, 4.69) is 26.3 Å². The zero-order valence-corrected chi connectivity index (χ0v) is 13.9. The normalized spacial score (nSPS) is 27.7. The molecule has 3 heterocycles. The van der Waals surface area contributed by atoms with E-state index in [9.17, 15) is 14.9 Å². The molecule has 1 amide bonds. The second-order valence-electron chi connectivity index (χ2n) is 6.60. The molecule has 0 bridgehead atoms. The average molecular weight is 357 g/mol. The highest BCUT2D eigenvalue weighted by atomic mass is 16.6. The van der Waals surface area contributed by atoms with Crippen LogP contribution in [0.2, 0.25) is 0 Å². The first-order chi connectivity index (χ1) is 12.6. The zero-order chi connectivity index (χ0) is 18.1. The molecule has 1 saturated heterocycles. The van der Waals surface area contributed by atoms with Crippen LogP contribution in [-0.4, -0.2) is 43.7 Å². The number of hydrogen-bond acceptors (Lipinski definition) is 7. The molecule has 136 valence electrons. The lowest BCUT2D eigenvalue weighted by Gasteiger charge is -2.28. The van der Waals surface area contributed by atoms with Gasteiger partial charge in [-0.15, -0.1) is 0 Å². The Hall–Kier alpha value is -2.85. The predicted molar refractivity (Wildman–Crippen MR) is 92.0 cm³/mol. The van der Waals surface area contributed by atoms with E-state index in [0.29, 0.717) is 30.8 Å². The van der Waals surface area contributed by atoms with Crippen molar-refractivity contribution in [1.82, 2.24) is 25.6 Å². The first kappa shape index (κ1) is 16.6. The molecule has 2 fully saturated rings. The fourth-order valence-electron chi connectivity index (χ4n) is 3.77. The molecule has 2 aliphatic rings. The highest BCUT2D eigenvalue weighted by Crippen LogP contribution is 2.32. The van der Waals surface area contributed by atoms with Crippen molar-refractivity contribution < 1.29 is 9.72 Å². The molecule has 4 atom stereocenters. The standard InChI is InChI=1S/C16H19N7O3/c24-16(14-11-9-10(23(25)26)4-5-12(11)20-21-14)19-13-3-1-6-17-15(13)22-8-2-7-18-22/h1-3,6-8,10-12,14,20-21H,4-5,9H2,(H,19,24). The Bertz CT molecular complexity index is 810. The number of amides is 1. The molecule has 2 aromatic rings. The summed E-state index contributed by atoms with van der Waals surface area (Å²) in [4.78, 5) is 28.0. The van der Waals surface area contributed by atoms with Crippen molar-refractivity contribution in [2.75, 3.05) is 5.32 Å². The van der Waals surface area contributed by atoms with Gasteiger partial charge < -0.3 is 5.32 Å². The van der Waals surface area contributed by atoms with Crippen molar-refractivity contribution in [3.8, 4) is 5.82 Å². The lowest BCUT2D eigenvalue weighted by molar-refractivity contribution is -0.528. The van der Waals surface area contributed by atoms with Crippen LogP contribution < -0.4 is 16.2 Å². The van der Waals surface area contributed by atoms with Gasteiger partial charge in [-0.25, -0.2) is 15.1 Å². The summed E-state index contributed by atoms with van der Waals surface area (Å²) in [7, 11) is 0. The van der Waals surface area contributed by atoms with E-state index in [-0.39, 0.29) is 22.8 Å². The molecule has 4 rings (SSSR count). The Morgan fingerprint density at radius 1 is 1.31 bits per heavy atom. The number of nitro groups is 1. The predicted octanol–water partition coefficient (Wildman–Crippen LogP) is 0.496. The number of rotatable bonds is 4. The average Bonchev–Trinajstić information content (AvgIpc) is 3.31. The molecule has 0 spiro atoms. The fraction of sp³-hybridized carbons (Fsp3) is 0.438. The third kappa shape index (κ3) is 3.04. The summed E-state index contributed by atoms with van der Waals surface area (Å²) in [5, 5.41) is 18.2. The zero-order valence-electron chi connectivity index (χ0n) is 13.9. The summed E-state index contributed by atoms with van der Waals surface area (Å²) < 4.78 is 1.57. The molecule has 10 nitrogen and oxygen atoms in total. The number of carbonyl (C=O) groups excluding carboxylic acids is 1. The summed E-state index contributed by atoms with van der Waals surface area (Å²) in [6.07, 6.45) is 6.59. The Morgan fingerprint density at radius 2 is 2.19 bits per heavy atom. The van der Waals surface area contributed by atoms with Gasteiger partial charge in [0.1, 0.15) is 6.04 Å². The maximum atomic E-state index is 12.8. The Labute approximate surface area is 149 Å². The van der Waals surface area contributed by atoms with Gasteiger partial charge in [0.25, 0.3) is 0 Å². The number of aromatic nitrogens is 3. The van der Waals surface area contributed by atoms with Gasteiger partial charge >= 0.3 is 0 Å². The molecule has 0 aromatic carbocycles. The highest BCUT2D eigenvalue weighted by Gasteiger charge is 2.46. The van der Waals surface area contributed by atoms with Crippen LogP contribution in [0.3, 0.4) is 0 Å². The van der Waals surface area contributed by atoms with Gasteiger partial charge in [0.05, 0.1) is 5.69 Å². The summed E-state index contributed by atoms with van der Waals surface area (Å²) in [5.41, 5.74) is 6.65. The number of hydrogen-bond donors (Lipinski definition) is 3. The molecular formula is C16H19N7O3. The molecule has 3 N–H and O–H groups in total. The van der Waals surface area contributed by atoms with Crippen molar-refractivity contribution in [3.63, 3.8) is 0 Å². The van der Waals surface area contributed by atoms with E-state index in [4.69, 9.17) is 0 Å². The second-order valence-corrected chi connectivity index (χ2v) is 6.60. The number of nitrogens with one attached hydrogen (secondary N) is 3. The minimum absolute atomic E-state index is 0.0708. The number of fused-ring (bicyclic) bond motifs is 1. The minimum atomic E-state index is -0.591. The van der Waals surface area contributed by atoms with Crippen molar-refractivity contribution in [2.45, 2.75) is 37.4 Å². The van der Waals surface area contributed by atoms with E-state index in [0.717, 1.165) is 0 Å². The van der Waals surface area contributed by atoms with Crippen LogP contribution in [0.25, 0.3) is 5.82 Å².